The van der Waals surface area contributed by atoms with Crippen molar-refractivity contribution in [2.24, 2.45) is 5.73 Å². The van der Waals surface area contributed by atoms with Crippen LogP contribution in [0.4, 0.5) is 13.2 Å². The van der Waals surface area contributed by atoms with E-state index in [1.54, 1.807) is 0 Å². The molecule has 0 fully saturated rings. The van der Waals surface area contributed by atoms with E-state index in [1.165, 1.54) is 0 Å². The van der Waals surface area contributed by atoms with E-state index in [0.717, 1.165) is 19.3 Å². The van der Waals surface area contributed by atoms with Crippen LogP contribution in [0.5, 0.6) is 0 Å². The van der Waals surface area contributed by atoms with Crippen LogP contribution >= 0.6 is 0 Å². The zero-order valence-corrected chi connectivity index (χ0v) is 9.95. The fourth-order valence-corrected chi connectivity index (χ4v) is 1.43. The van der Waals surface area contributed by atoms with Crippen molar-refractivity contribution >= 4 is 0 Å². The fourth-order valence-electron chi connectivity index (χ4n) is 1.43. The summed E-state index contributed by atoms with van der Waals surface area (Å²) in [5.41, 5.74) is 5.80. The van der Waals surface area contributed by atoms with Crippen LogP contribution in [0.3, 0.4) is 0 Å². The van der Waals surface area contributed by atoms with Gasteiger partial charge >= 0.3 is 6.18 Å². The average molecular weight is 240 g/mol. The number of unbranched alkanes of at least 4 members (excludes halogenated alkanes) is 2. The molecule has 1 atom stereocenters. The van der Waals surface area contributed by atoms with Crippen molar-refractivity contribution in [3.8, 4) is 0 Å². The Morgan fingerprint density at radius 1 is 1.19 bits per heavy atom. The second-order valence-corrected chi connectivity index (χ2v) is 4.18. The standard InChI is InChI=1S/C11H23F3N2/c1-2-3-6-10(15)9-16-8-5-4-7-11(12,13)14/h10,16H,2-9,15H2,1H3. The third-order valence-corrected chi connectivity index (χ3v) is 2.40. The van der Waals surface area contributed by atoms with E-state index in [2.05, 4.69) is 12.2 Å². The maximum absolute atomic E-state index is 11.8. The lowest BCUT2D eigenvalue weighted by Gasteiger charge is -2.12. The molecule has 16 heavy (non-hydrogen) atoms. The van der Waals surface area contributed by atoms with Gasteiger partial charge < -0.3 is 11.1 Å². The number of nitrogens with two attached hydrogens (primary N) is 1. The van der Waals surface area contributed by atoms with E-state index in [1.807, 2.05) is 0 Å². The summed E-state index contributed by atoms with van der Waals surface area (Å²) >= 11 is 0. The molecule has 0 amide bonds. The highest BCUT2D eigenvalue weighted by molar-refractivity contribution is 4.64. The first-order valence-electron chi connectivity index (χ1n) is 5.98. The van der Waals surface area contributed by atoms with E-state index in [-0.39, 0.29) is 12.5 Å². The molecule has 3 N–H and O–H groups in total. The molecule has 0 spiro atoms. The molecule has 0 rings (SSSR count). The fraction of sp³-hybridized carbons (Fsp3) is 1.00. The van der Waals surface area contributed by atoms with Crippen molar-refractivity contribution in [1.29, 1.82) is 0 Å². The zero-order valence-electron chi connectivity index (χ0n) is 9.95. The SMILES string of the molecule is CCCCC(N)CNCCCCC(F)(F)F. The molecule has 0 radical (unpaired) electrons. The third-order valence-electron chi connectivity index (χ3n) is 2.40. The first-order chi connectivity index (χ1) is 7.45. The summed E-state index contributed by atoms with van der Waals surface area (Å²) in [5.74, 6) is 0. The maximum Gasteiger partial charge on any atom is 0.389 e. The van der Waals surface area contributed by atoms with Gasteiger partial charge in [0.15, 0.2) is 0 Å². The predicted molar refractivity (Wildman–Crippen MR) is 60.3 cm³/mol. The summed E-state index contributed by atoms with van der Waals surface area (Å²) in [5, 5.41) is 3.09. The molecule has 0 aromatic carbocycles. The van der Waals surface area contributed by atoms with Crippen LogP contribution in [0.25, 0.3) is 0 Å². The molecule has 0 aliphatic carbocycles. The van der Waals surface area contributed by atoms with E-state index in [9.17, 15) is 13.2 Å². The highest BCUT2D eigenvalue weighted by Gasteiger charge is 2.25. The minimum absolute atomic E-state index is 0.127. The second-order valence-electron chi connectivity index (χ2n) is 4.18. The van der Waals surface area contributed by atoms with Gasteiger partial charge in [-0.05, 0) is 25.8 Å². The van der Waals surface area contributed by atoms with Crippen molar-refractivity contribution in [3.63, 3.8) is 0 Å². The molecule has 0 saturated carbocycles. The molecule has 0 aliphatic rings. The van der Waals surface area contributed by atoms with Crippen molar-refractivity contribution in [2.45, 2.75) is 57.7 Å². The molecule has 1 unspecified atom stereocenters. The summed E-state index contributed by atoms with van der Waals surface area (Å²) < 4.78 is 35.4. The van der Waals surface area contributed by atoms with Gasteiger partial charge in [0.25, 0.3) is 0 Å². The first-order valence-corrected chi connectivity index (χ1v) is 5.98. The van der Waals surface area contributed by atoms with E-state index < -0.39 is 12.6 Å². The van der Waals surface area contributed by atoms with Crippen LogP contribution < -0.4 is 11.1 Å². The molecule has 0 aromatic rings. The van der Waals surface area contributed by atoms with E-state index in [0.29, 0.717) is 19.5 Å². The summed E-state index contributed by atoms with van der Waals surface area (Å²) in [6.45, 7) is 3.43. The van der Waals surface area contributed by atoms with Crippen molar-refractivity contribution in [3.05, 3.63) is 0 Å². The van der Waals surface area contributed by atoms with Crippen molar-refractivity contribution in [2.75, 3.05) is 13.1 Å². The monoisotopic (exact) mass is 240 g/mol. The number of hydrogen-bond donors (Lipinski definition) is 2. The summed E-state index contributed by atoms with van der Waals surface area (Å²) in [6, 6.07) is 0.127. The lowest BCUT2D eigenvalue weighted by Crippen LogP contribution is -2.34. The van der Waals surface area contributed by atoms with Crippen LogP contribution in [0.15, 0.2) is 0 Å². The summed E-state index contributed by atoms with van der Waals surface area (Å²) in [6.07, 6.45) is -0.739. The van der Waals surface area contributed by atoms with Gasteiger partial charge in [-0.1, -0.05) is 19.8 Å². The number of hydrogen-bond acceptors (Lipinski definition) is 2. The maximum atomic E-state index is 11.8. The lowest BCUT2D eigenvalue weighted by molar-refractivity contribution is -0.135. The lowest BCUT2D eigenvalue weighted by atomic mass is 10.1. The van der Waals surface area contributed by atoms with Gasteiger partial charge in [-0.2, -0.15) is 13.2 Å². The van der Waals surface area contributed by atoms with Crippen LogP contribution in [0.1, 0.15) is 45.4 Å². The molecule has 0 bridgehead atoms. The molecule has 0 heterocycles. The Bertz CT molecular complexity index is 160. The zero-order chi connectivity index (χ0) is 12.4. The largest absolute Gasteiger partial charge is 0.389 e. The number of halogens is 3. The Morgan fingerprint density at radius 3 is 2.44 bits per heavy atom. The van der Waals surface area contributed by atoms with Gasteiger partial charge in [-0.15, -0.1) is 0 Å². The number of rotatable bonds is 9. The van der Waals surface area contributed by atoms with Crippen LogP contribution in [0, 0.1) is 0 Å². The number of nitrogens with one attached hydrogen (secondary N) is 1. The van der Waals surface area contributed by atoms with Crippen LogP contribution in [-0.2, 0) is 0 Å². The van der Waals surface area contributed by atoms with Gasteiger partial charge in [-0.25, -0.2) is 0 Å². The quantitative estimate of drug-likeness (QED) is 0.608. The Labute approximate surface area is 95.8 Å². The van der Waals surface area contributed by atoms with E-state index >= 15 is 0 Å². The van der Waals surface area contributed by atoms with E-state index in [4.69, 9.17) is 5.73 Å². The highest BCUT2D eigenvalue weighted by Crippen LogP contribution is 2.21. The molecule has 0 aliphatic heterocycles. The molecule has 2 nitrogen and oxygen atoms in total. The Morgan fingerprint density at radius 2 is 1.88 bits per heavy atom. The normalized spacial score (nSPS) is 14.1. The topological polar surface area (TPSA) is 38.0 Å². The van der Waals surface area contributed by atoms with Gasteiger partial charge in [0, 0.05) is 19.0 Å². The Hall–Kier alpha value is -0.290. The smallest absolute Gasteiger partial charge is 0.327 e. The van der Waals surface area contributed by atoms with Gasteiger partial charge in [0.2, 0.25) is 0 Å². The molecule has 98 valence electrons. The highest BCUT2D eigenvalue weighted by atomic mass is 19.4. The Kier molecular flexibility index (Phi) is 8.66. The average Bonchev–Trinajstić information content (AvgIpc) is 2.18. The van der Waals surface area contributed by atoms with Gasteiger partial charge in [-0.3, -0.25) is 0 Å². The molecular weight excluding hydrogens is 217 g/mol. The van der Waals surface area contributed by atoms with Crippen LogP contribution in [-0.4, -0.2) is 25.3 Å². The second kappa shape index (κ2) is 8.82. The number of alkyl halides is 3. The summed E-state index contributed by atoms with van der Waals surface area (Å²) in [7, 11) is 0. The Balaban J connectivity index is 3.20. The molecule has 0 aromatic heterocycles. The van der Waals surface area contributed by atoms with Gasteiger partial charge in [0.1, 0.15) is 0 Å². The molecule has 0 saturated heterocycles. The van der Waals surface area contributed by atoms with Crippen LogP contribution in [0.2, 0.25) is 0 Å². The minimum atomic E-state index is -4.02. The van der Waals surface area contributed by atoms with Gasteiger partial charge in [0.05, 0.1) is 0 Å². The van der Waals surface area contributed by atoms with Crippen molar-refractivity contribution < 1.29 is 13.2 Å². The third kappa shape index (κ3) is 11.8. The summed E-state index contributed by atoms with van der Waals surface area (Å²) in [4.78, 5) is 0. The first kappa shape index (κ1) is 15.7. The predicted octanol–water partition coefficient (Wildman–Crippen LogP) is 2.83. The molecule has 5 heteroatoms. The van der Waals surface area contributed by atoms with Crippen molar-refractivity contribution in [1.82, 2.24) is 5.32 Å². The minimum Gasteiger partial charge on any atom is -0.327 e. The molecular formula is C11H23F3N2.